The van der Waals surface area contributed by atoms with Crippen LogP contribution in [-0.2, 0) is 0 Å². The Balaban J connectivity index is 1.70. The Morgan fingerprint density at radius 3 is 2.40 bits per heavy atom. The van der Waals surface area contributed by atoms with Crippen molar-refractivity contribution < 1.29 is 9.18 Å². The highest BCUT2D eigenvalue weighted by molar-refractivity contribution is 6.08. The smallest absolute Gasteiger partial charge is 0.267 e. The fraction of sp³-hybridized carbons (Fsp3) is 0.0800. The first-order chi connectivity index (χ1) is 14.5. The molecule has 30 heavy (non-hydrogen) atoms. The van der Waals surface area contributed by atoms with Gasteiger partial charge in [-0.2, -0.15) is 5.10 Å². The molecule has 4 aromatic rings. The van der Waals surface area contributed by atoms with Crippen molar-refractivity contribution in [1.29, 1.82) is 0 Å². The number of hydrogen-bond acceptors (Lipinski definition) is 3. The molecular weight excluding hydrogens is 377 g/mol. The molecule has 0 aliphatic rings. The molecule has 0 aliphatic carbocycles. The monoisotopic (exact) mass is 397 g/mol. The molecule has 0 atom stereocenters. The minimum Gasteiger partial charge on any atom is -0.267 e. The van der Waals surface area contributed by atoms with Gasteiger partial charge in [-0.3, -0.25) is 4.79 Å². The normalized spacial score (nSPS) is 11.5. The number of rotatable bonds is 4. The number of nitrogens with zero attached hydrogens (tertiary/aromatic N) is 2. The van der Waals surface area contributed by atoms with Crippen LogP contribution in [0, 0.1) is 12.7 Å². The molecule has 5 heteroatoms. The van der Waals surface area contributed by atoms with Crippen LogP contribution in [0.5, 0.6) is 0 Å². The van der Waals surface area contributed by atoms with Crippen molar-refractivity contribution in [2.24, 2.45) is 5.10 Å². The summed E-state index contributed by atoms with van der Waals surface area (Å²) in [5.74, 6) is -0.651. The van der Waals surface area contributed by atoms with Crippen LogP contribution in [0.1, 0.15) is 28.4 Å². The second-order valence-corrected chi connectivity index (χ2v) is 7.08. The first kappa shape index (κ1) is 19.5. The highest BCUT2D eigenvalue weighted by Crippen LogP contribution is 2.25. The van der Waals surface area contributed by atoms with Gasteiger partial charge in [0.1, 0.15) is 5.82 Å². The van der Waals surface area contributed by atoms with E-state index in [4.69, 9.17) is 0 Å². The van der Waals surface area contributed by atoms with E-state index in [0.29, 0.717) is 22.5 Å². The highest BCUT2D eigenvalue weighted by Gasteiger charge is 2.14. The average Bonchev–Trinajstić information content (AvgIpc) is 2.77. The number of benzene rings is 3. The lowest BCUT2D eigenvalue weighted by molar-refractivity contribution is 0.0956. The third kappa shape index (κ3) is 4.10. The fourth-order valence-corrected chi connectivity index (χ4v) is 3.19. The predicted octanol–water partition coefficient (Wildman–Crippen LogP) is 5.50. The van der Waals surface area contributed by atoms with Gasteiger partial charge in [0, 0.05) is 10.9 Å². The number of para-hydroxylation sites is 1. The summed E-state index contributed by atoms with van der Waals surface area (Å²) >= 11 is 0. The van der Waals surface area contributed by atoms with E-state index < -0.39 is 0 Å². The molecule has 0 radical (unpaired) electrons. The number of aryl methyl sites for hydroxylation is 1. The van der Waals surface area contributed by atoms with Gasteiger partial charge in [-0.25, -0.2) is 14.8 Å². The fourth-order valence-electron chi connectivity index (χ4n) is 3.19. The molecule has 1 amide bonds. The van der Waals surface area contributed by atoms with Gasteiger partial charge in [0.25, 0.3) is 5.91 Å². The van der Waals surface area contributed by atoms with E-state index in [9.17, 15) is 9.18 Å². The Morgan fingerprint density at radius 1 is 0.967 bits per heavy atom. The molecule has 1 N–H and O–H groups in total. The molecule has 0 saturated heterocycles. The Hall–Kier alpha value is -3.86. The molecule has 4 nitrogen and oxygen atoms in total. The Labute approximate surface area is 174 Å². The van der Waals surface area contributed by atoms with E-state index in [1.165, 1.54) is 12.1 Å². The molecule has 0 bridgehead atoms. The summed E-state index contributed by atoms with van der Waals surface area (Å²) in [6.07, 6.45) is 0. The van der Waals surface area contributed by atoms with Crippen molar-refractivity contribution in [2.45, 2.75) is 13.8 Å². The van der Waals surface area contributed by atoms with Gasteiger partial charge in [-0.05, 0) is 55.8 Å². The van der Waals surface area contributed by atoms with E-state index in [2.05, 4.69) is 15.5 Å². The van der Waals surface area contributed by atoms with Gasteiger partial charge >= 0.3 is 0 Å². The van der Waals surface area contributed by atoms with Crippen molar-refractivity contribution >= 4 is 22.5 Å². The van der Waals surface area contributed by atoms with Gasteiger partial charge in [-0.1, -0.05) is 48.0 Å². The Morgan fingerprint density at radius 2 is 1.67 bits per heavy atom. The van der Waals surface area contributed by atoms with Crippen LogP contribution in [0.3, 0.4) is 0 Å². The zero-order chi connectivity index (χ0) is 21.1. The van der Waals surface area contributed by atoms with Crippen LogP contribution >= 0.6 is 0 Å². The zero-order valence-corrected chi connectivity index (χ0v) is 16.7. The van der Waals surface area contributed by atoms with Gasteiger partial charge < -0.3 is 0 Å². The third-order valence-corrected chi connectivity index (χ3v) is 4.90. The summed E-state index contributed by atoms with van der Waals surface area (Å²) in [5.41, 5.74) is 7.93. The number of halogens is 1. The second kappa shape index (κ2) is 8.25. The lowest BCUT2D eigenvalue weighted by Crippen LogP contribution is -2.20. The molecule has 1 heterocycles. The van der Waals surface area contributed by atoms with Crippen molar-refractivity contribution in [3.8, 4) is 11.3 Å². The minimum absolute atomic E-state index is 0.321. The van der Waals surface area contributed by atoms with E-state index >= 15 is 0 Å². The number of nitrogens with one attached hydrogen (secondary N) is 1. The molecule has 1 aromatic heterocycles. The number of hydrogen-bond donors (Lipinski definition) is 1. The average molecular weight is 397 g/mol. The molecule has 0 aliphatic heterocycles. The summed E-state index contributed by atoms with van der Waals surface area (Å²) in [7, 11) is 0. The SMILES string of the molecule is CC(=NNC(=O)c1cc(-c2ccc(F)cc2)nc2ccccc12)c1ccc(C)cc1. The zero-order valence-electron chi connectivity index (χ0n) is 16.7. The molecule has 0 unspecified atom stereocenters. The standard InChI is InChI=1S/C25H20FN3O/c1-16-7-9-18(10-8-16)17(2)28-29-25(30)22-15-24(19-11-13-20(26)14-12-19)27-23-6-4-3-5-21(22)23/h3-15H,1-2H3,(H,29,30). The number of aromatic nitrogens is 1. The number of fused-ring (bicyclic) bond motifs is 1. The number of amides is 1. The summed E-state index contributed by atoms with van der Waals surface area (Å²) in [6.45, 7) is 3.87. The summed E-state index contributed by atoms with van der Waals surface area (Å²) in [5, 5.41) is 4.99. The number of carbonyl (C=O) groups is 1. The molecule has 4 rings (SSSR count). The van der Waals surface area contributed by atoms with Crippen LogP contribution < -0.4 is 5.43 Å². The van der Waals surface area contributed by atoms with Gasteiger partial charge in [0.05, 0.1) is 22.5 Å². The second-order valence-electron chi connectivity index (χ2n) is 7.08. The van der Waals surface area contributed by atoms with Crippen LogP contribution in [-0.4, -0.2) is 16.6 Å². The number of hydrazone groups is 1. The molecule has 0 spiro atoms. The lowest BCUT2D eigenvalue weighted by Gasteiger charge is -2.09. The molecule has 0 fully saturated rings. The third-order valence-electron chi connectivity index (χ3n) is 4.90. The quantitative estimate of drug-likeness (QED) is 0.365. The van der Waals surface area contributed by atoms with E-state index in [0.717, 1.165) is 22.1 Å². The first-order valence-electron chi connectivity index (χ1n) is 9.58. The van der Waals surface area contributed by atoms with Gasteiger partial charge in [0.2, 0.25) is 0 Å². The minimum atomic E-state index is -0.330. The van der Waals surface area contributed by atoms with E-state index in [-0.39, 0.29) is 11.7 Å². The maximum atomic E-state index is 13.3. The maximum absolute atomic E-state index is 13.3. The van der Waals surface area contributed by atoms with Crippen molar-refractivity contribution in [3.63, 3.8) is 0 Å². The summed E-state index contributed by atoms with van der Waals surface area (Å²) < 4.78 is 13.3. The number of pyridine rings is 1. The van der Waals surface area contributed by atoms with Crippen LogP contribution in [0.15, 0.2) is 84.0 Å². The number of carbonyl (C=O) groups excluding carboxylic acids is 1. The largest absolute Gasteiger partial charge is 0.272 e. The van der Waals surface area contributed by atoms with Gasteiger partial charge in [-0.15, -0.1) is 0 Å². The molecule has 148 valence electrons. The summed E-state index contributed by atoms with van der Waals surface area (Å²) in [4.78, 5) is 17.6. The highest BCUT2D eigenvalue weighted by atomic mass is 19.1. The van der Waals surface area contributed by atoms with E-state index in [1.807, 2.05) is 62.4 Å². The lowest BCUT2D eigenvalue weighted by atomic mass is 10.0. The van der Waals surface area contributed by atoms with Gasteiger partial charge in [0.15, 0.2) is 0 Å². The maximum Gasteiger partial charge on any atom is 0.272 e. The first-order valence-corrected chi connectivity index (χ1v) is 9.58. The van der Waals surface area contributed by atoms with Crippen LogP contribution in [0.25, 0.3) is 22.2 Å². The van der Waals surface area contributed by atoms with Crippen molar-refractivity contribution in [1.82, 2.24) is 10.4 Å². The Kier molecular flexibility index (Phi) is 5.35. The Bertz CT molecular complexity index is 1250. The molecule has 0 saturated carbocycles. The molecular formula is C25H20FN3O. The van der Waals surface area contributed by atoms with Crippen molar-refractivity contribution in [3.05, 3.63) is 101 Å². The molecule has 3 aromatic carbocycles. The predicted molar refractivity (Wildman–Crippen MR) is 118 cm³/mol. The van der Waals surface area contributed by atoms with Crippen LogP contribution in [0.4, 0.5) is 4.39 Å². The van der Waals surface area contributed by atoms with Crippen molar-refractivity contribution in [2.75, 3.05) is 0 Å². The van der Waals surface area contributed by atoms with E-state index in [1.54, 1.807) is 18.2 Å². The topological polar surface area (TPSA) is 54.4 Å². The van der Waals surface area contributed by atoms with Crippen LogP contribution in [0.2, 0.25) is 0 Å². The summed E-state index contributed by atoms with van der Waals surface area (Å²) in [6, 6.07) is 23.1.